The first kappa shape index (κ1) is 28.0. The van der Waals surface area contributed by atoms with E-state index >= 15 is 0 Å². The minimum Gasteiger partial charge on any atom is -0.411 e. The summed E-state index contributed by atoms with van der Waals surface area (Å²) in [6.07, 6.45) is 0.521. The van der Waals surface area contributed by atoms with Crippen molar-refractivity contribution in [3.8, 4) is 0 Å². The molecule has 5 aromatic rings. The van der Waals surface area contributed by atoms with E-state index in [1.807, 2.05) is 97.1 Å². The fourth-order valence-corrected chi connectivity index (χ4v) is 5.47. The van der Waals surface area contributed by atoms with Gasteiger partial charge in [-0.2, -0.15) is 11.0 Å². The van der Waals surface area contributed by atoms with Crippen LogP contribution in [0.4, 0.5) is 0 Å². The fourth-order valence-electron chi connectivity index (χ4n) is 5.47. The zero-order valence-electron chi connectivity index (χ0n) is 22.6. The van der Waals surface area contributed by atoms with Crippen molar-refractivity contribution in [1.82, 2.24) is 15.5 Å². The van der Waals surface area contributed by atoms with Crippen molar-refractivity contribution in [1.29, 1.82) is 0 Å². The quantitative estimate of drug-likeness (QED) is 0.0640. The van der Waals surface area contributed by atoms with Crippen LogP contribution in [0.2, 0.25) is 0 Å². The second-order valence-electron chi connectivity index (χ2n) is 9.89. The number of aryl methyl sites for hydroxylation is 1. The van der Waals surface area contributed by atoms with E-state index in [2.05, 4.69) is 32.8 Å². The molecular formula is C32H33N5O4. The first-order valence-corrected chi connectivity index (χ1v) is 13.5. The lowest BCUT2D eigenvalue weighted by atomic mass is 9.95. The molecule has 210 valence electrons. The standard InChI is InChI=1S/C32H33N5O4/c1-2-37-31-15-13-23(29(35-40)19-27(33-38)21-9-5-3-6-10-21)17-25(31)26-18-24(14-16-32(26)37)30(36-41)20-28(34-39)22-11-7-4-8-12-22/h3-18,27-28,33-34,38-41H,2,19-20H2,1H3/b35-29+,36-30+. The highest BCUT2D eigenvalue weighted by Crippen LogP contribution is 2.32. The minimum atomic E-state index is -0.456. The lowest BCUT2D eigenvalue weighted by Crippen LogP contribution is -2.21. The normalized spacial score (nSPS) is 14.0. The summed E-state index contributed by atoms with van der Waals surface area (Å²) in [5, 5.41) is 48.7. The number of nitrogens with zero attached hydrogens (tertiary/aromatic N) is 3. The SMILES string of the molecule is CCn1c2ccc(/C(CC(NO)c3ccccc3)=N/O)cc2c2cc(/C(CC(NO)c3ccccc3)=N/O)ccc21. The summed E-state index contributed by atoms with van der Waals surface area (Å²) in [5.41, 5.74) is 10.7. The molecule has 0 bridgehead atoms. The molecule has 0 saturated carbocycles. The summed E-state index contributed by atoms with van der Waals surface area (Å²) < 4.78 is 2.20. The van der Waals surface area contributed by atoms with Crippen LogP contribution in [-0.4, -0.2) is 36.8 Å². The number of fused-ring (bicyclic) bond motifs is 3. The van der Waals surface area contributed by atoms with Crippen LogP contribution in [0, 0.1) is 0 Å². The predicted octanol–water partition coefficient (Wildman–Crippen LogP) is 6.39. The summed E-state index contributed by atoms with van der Waals surface area (Å²) in [7, 11) is 0. The number of hydroxylamine groups is 2. The zero-order chi connectivity index (χ0) is 28.8. The van der Waals surface area contributed by atoms with Crippen molar-refractivity contribution in [2.24, 2.45) is 10.3 Å². The van der Waals surface area contributed by atoms with Gasteiger partial charge in [0.1, 0.15) is 0 Å². The first-order valence-electron chi connectivity index (χ1n) is 13.5. The Balaban J connectivity index is 1.53. The largest absolute Gasteiger partial charge is 0.411 e. The van der Waals surface area contributed by atoms with Gasteiger partial charge in [-0.05, 0) is 42.3 Å². The Hall–Kier alpha value is -4.54. The molecule has 0 fully saturated rings. The van der Waals surface area contributed by atoms with Crippen molar-refractivity contribution >= 4 is 33.2 Å². The van der Waals surface area contributed by atoms with Crippen LogP contribution in [0.5, 0.6) is 0 Å². The van der Waals surface area contributed by atoms with E-state index in [-0.39, 0.29) is 12.8 Å². The van der Waals surface area contributed by atoms with Gasteiger partial charge in [0.15, 0.2) is 0 Å². The van der Waals surface area contributed by atoms with Crippen molar-refractivity contribution in [2.75, 3.05) is 0 Å². The third-order valence-corrected chi connectivity index (χ3v) is 7.60. The van der Waals surface area contributed by atoms with Crippen LogP contribution in [0.3, 0.4) is 0 Å². The van der Waals surface area contributed by atoms with Crippen LogP contribution in [0.15, 0.2) is 107 Å². The molecule has 2 unspecified atom stereocenters. The molecule has 41 heavy (non-hydrogen) atoms. The monoisotopic (exact) mass is 551 g/mol. The number of rotatable bonds is 11. The average molecular weight is 552 g/mol. The maximum absolute atomic E-state index is 9.96. The number of hydrogen-bond donors (Lipinski definition) is 6. The molecular weight excluding hydrogens is 518 g/mol. The van der Waals surface area contributed by atoms with E-state index in [1.165, 1.54) is 0 Å². The number of nitrogens with one attached hydrogen (secondary N) is 2. The number of hydrogen-bond acceptors (Lipinski definition) is 8. The van der Waals surface area contributed by atoms with Crippen LogP contribution in [-0.2, 0) is 6.54 Å². The second-order valence-corrected chi connectivity index (χ2v) is 9.89. The van der Waals surface area contributed by atoms with Gasteiger partial charge < -0.3 is 25.4 Å². The Morgan fingerprint density at radius 2 is 1.07 bits per heavy atom. The molecule has 5 rings (SSSR count). The highest BCUT2D eigenvalue weighted by atomic mass is 16.5. The van der Waals surface area contributed by atoms with E-state index in [9.17, 15) is 20.8 Å². The number of oxime groups is 2. The van der Waals surface area contributed by atoms with Crippen LogP contribution < -0.4 is 11.0 Å². The summed E-state index contributed by atoms with van der Waals surface area (Å²) in [4.78, 5) is 0. The van der Waals surface area contributed by atoms with E-state index in [1.54, 1.807) is 0 Å². The van der Waals surface area contributed by atoms with Gasteiger partial charge in [-0.1, -0.05) is 83.1 Å². The molecule has 2 atom stereocenters. The van der Waals surface area contributed by atoms with Crippen molar-refractivity contribution in [3.05, 3.63) is 119 Å². The Morgan fingerprint density at radius 3 is 1.41 bits per heavy atom. The number of aromatic nitrogens is 1. The molecule has 6 N–H and O–H groups in total. The summed E-state index contributed by atoms with van der Waals surface area (Å²) in [6.45, 7) is 2.83. The molecule has 0 radical (unpaired) electrons. The first-order chi connectivity index (χ1) is 20.1. The molecule has 9 nitrogen and oxygen atoms in total. The van der Waals surface area contributed by atoms with Crippen LogP contribution in [0.25, 0.3) is 21.8 Å². The molecule has 0 spiro atoms. The van der Waals surface area contributed by atoms with Gasteiger partial charge >= 0.3 is 0 Å². The van der Waals surface area contributed by atoms with Crippen LogP contribution >= 0.6 is 0 Å². The summed E-state index contributed by atoms with van der Waals surface area (Å²) >= 11 is 0. The van der Waals surface area contributed by atoms with Gasteiger partial charge in [0.2, 0.25) is 0 Å². The van der Waals surface area contributed by atoms with Gasteiger partial charge in [0.25, 0.3) is 0 Å². The smallest absolute Gasteiger partial charge is 0.0887 e. The summed E-state index contributed by atoms with van der Waals surface area (Å²) in [6, 6.07) is 29.9. The zero-order valence-corrected chi connectivity index (χ0v) is 22.6. The predicted molar refractivity (Wildman–Crippen MR) is 159 cm³/mol. The third kappa shape index (κ3) is 5.70. The Kier molecular flexibility index (Phi) is 8.71. The molecule has 0 amide bonds. The van der Waals surface area contributed by atoms with Crippen molar-refractivity contribution in [2.45, 2.75) is 38.4 Å². The van der Waals surface area contributed by atoms with Gasteiger partial charge in [0, 0.05) is 52.3 Å². The average Bonchev–Trinajstić information content (AvgIpc) is 3.35. The number of benzene rings is 4. The Labute approximate surface area is 237 Å². The maximum Gasteiger partial charge on any atom is 0.0887 e. The van der Waals surface area contributed by atoms with E-state index in [0.29, 0.717) is 11.4 Å². The fraction of sp³-hybridized carbons (Fsp3) is 0.188. The lowest BCUT2D eigenvalue weighted by molar-refractivity contribution is 0.128. The molecule has 4 aromatic carbocycles. The molecule has 0 aliphatic rings. The van der Waals surface area contributed by atoms with E-state index in [4.69, 9.17) is 0 Å². The van der Waals surface area contributed by atoms with Crippen molar-refractivity contribution < 1.29 is 20.8 Å². The lowest BCUT2D eigenvalue weighted by Gasteiger charge is -2.16. The second kappa shape index (κ2) is 12.8. The molecule has 9 heteroatoms. The highest BCUT2D eigenvalue weighted by molar-refractivity contribution is 6.14. The molecule has 1 aromatic heterocycles. The minimum absolute atomic E-state index is 0.260. The van der Waals surface area contributed by atoms with E-state index < -0.39 is 12.1 Å². The summed E-state index contributed by atoms with van der Waals surface area (Å²) in [5.74, 6) is 0. The van der Waals surface area contributed by atoms with Gasteiger partial charge in [0.05, 0.1) is 23.5 Å². The molecule has 0 aliphatic heterocycles. The third-order valence-electron chi connectivity index (χ3n) is 7.60. The Morgan fingerprint density at radius 1 is 0.659 bits per heavy atom. The van der Waals surface area contributed by atoms with Gasteiger partial charge in [-0.3, -0.25) is 0 Å². The van der Waals surface area contributed by atoms with Gasteiger partial charge in [-0.25, -0.2) is 0 Å². The molecule has 1 heterocycles. The molecule has 0 aliphatic carbocycles. The molecule has 0 saturated heterocycles. The van der Waals surface area contributed by atoms with Crippen LogP contribution in [0.1, 0.15) is 54.1 Å². The highest BCUT2D eigenvalue weighted by Gasteiger charge is 2.20. The maximum atomic E-state index is 9.96. The van der Waals surface area contributed by atoms with E-state index in [0.717, 1.165) is 50.6 Å². The Bertz CT molecular complexity index is 1560. The van der Waals surface area contributed by atoms with Gasteiger partial charge in [-0.15, -0.1) is 0 Å². The topological polar surface area (TPSA) is 135 Å². The van der Waals surface area contributed by atoms with Crippen molar-refractivity contribution in [3.63, 3.8) is 0 Å².